The Balaban J connectivity index is 2.25. The molecule has 1 amide bonds. The monoisotopic (exact) mass is 432 g/mol. The van der Waals surface area contributed by atoms with Gasteiger partial charge in [0.15, 0.2) is 0 Å². The first kappa shape index (κ1) is 23.2. The molecule has 1 aromatic heterocycles. The van der Waals surface area contributed by atoms with E-state index in [1.165, 1.54) is 25.4 Å². The van der Waals surface area contributed by atoms with Gasteiger partial charge in [0.1, 0.15) is 11.9 Å². The third-order valence-corrected chi connectivity index (χ3v) is 4.06. The van der Waals surface area contributed by atoms with E-state index in [0.29, 0.717) is 11.8 Å². The van der Waals surface area contributed by atoms with Gasteiger partial charge in [-0.05, 0) is 42.9 Å². The average molecular weight is 432 g/mol. The molecule has 5 nitrogen and oxygen atoms in total. The van der Waals surface area contributed by atoms with Crippen LogP contribution in [0.3, 0.4) is 0 Å². The van der Waals surface area contributed by atoms with Gasteiger partial charge in [0.2, 0.25) is 5.91 Å². The molecule has 0 radical (unpaired) electrons. The van der Waals surface area contributed by atoms with Crippen molar-refractivity contribution in [2.24, 2.45) is 5.73 Å². The van der Waals surface area contributed by atoms with Crippen LogP contribution >= 0.6 is 0 Å². The van der Waals surface area contributed by atoms with E-state index in [9.17, 15) is 31.1 Å². The number of nitrogens with zero attached hydrogens (tertiary/aromatic N) is 1. The molecule has 1 atom stereocenters. The maximum absolute atomic E-state index is 13.5. The molecule has 4 N–H and O–H groups in total. The highest BCUT2D eigenvalue weighted by Gasteiger charge is 2.31. The summed E-state index contributed by atoms with van der Waals surface area (Å²) in [5, 5.41) is 4.93. The van der Waals surface area contributed by atoms with Crippen LogP contribution in [-0.4, -0.2) is 30.4 Å². The highest BCUT2D eigenvalue weighted by molar-refractivity contribution is 5.93. The third-order valence-electron chi connectivity index (χ3n) is 4.06. The van der Waals surface area contributed by atoms with Crippen molar-refractivity contribution in [3.63, 3.8) is 0 Å². The summed E-state index contributed by atoms with van der Waals surface area (Å²) in [4.78, 5) is 15.5. The van der Waals surface area contributed by atoms with Gasteiger partial charge in [-0.1, -0.05) is 0 Å². The van der Waals surface area contributed by atoms with Crippen molar-refractivity contribution in [2.45, 2.75) is 25.1 Å². The Kier molecular flexibility index (Phi) is 7.43. The normalized spacial score (nSPS) is 13.4. The number of benzene rings is 1. The second-order valence-corrected chi connectivity index (χ2v) is 6.27. The zero-order chi connectivity index (χ0) is 22.5. The zero-order valence-electron chi connectivity index (χ0n) is 15.6. The van der Waals surface area contributed by atoms with Gasteiger partial charge < -0.3 is 16.4 Å². The quantitative estimate of drug-likeness (QED) is 0.441. The van der Waals surface area contributed by atoms with E-state index in [0.717, 1.165) is 18.3 Å². The van der Waals surface area contributed by atoms with Gasteiger partial charge in [-0.2, -0.15) is 13.2 Å². The first-order valence-corrected chi connectivity index (χ1v) is 8.54. The topological polar surface area (TPSA) is 80.0 Å². The third kappa shape index (κ3) is 6.21. The minimum atomic E-state index is -4.70. The number of amides is 1. The van der Waals surface area contributed by atoms with Crippen LogP contribution in [0.5, 0.6) is 0 Å². The molecule has 2 rings (SSSR count). The predicted octanol–water partition coefficient (Wildman–Crippen LogP) is 3.46. The summed E-state index contributed by atoms with van der Waals surface area (Å²) in [5.41, 5.74) is 4.28. The number of primary amides is 1. The van der Waals surface area contributed by atoms with Crippen LogP contribution in [0, 0.1) is 5.82 Å². The first-order chi connectivity index (χ1) is 14.0. The lowest BCUT2D eigenvalue weighted by atomic mass is 10.0. The van der Waals surface area contributed by atoms with E-state index in [1.807, 2.05) is 0 Å². The van der Waals surface area contributed by atoms with Gasteiger partial charge in [-0.3, -0.25) is 9.78 Å². The standard InChI is InChI=1S/C19H18F6N4O/c1-27-16(17(21)22)15(18(26)30)9-29-13-2-3-28-14(8-13)6-10-4-11(19(23,24)25)7-12(20)5-10/h2-5,7-9,16-17,27H,6H2,1H3,(H2,26,30)(H,28,29)/b15-9+. The summed E-state index contributed by atoms with van der Waals surface area (Å²) < 4.78 is 78.2. The molecule has 1 unspecified atom stereocenters. The van der Waals surface area contributed by atoms with Crippen molar-refractivity contribution in [2.75, 3.05) is 12.4 Å². The summed E-state index contributed by atoms with van der Waals surface area (Å²) in [6.45, 7) is 0. The number of carbonyl (C=O) groups excluding carboxylic acids is 1. The van der Waals surface area contributed by atoms with E-state index in [2.05, 4.69) is 15.6 Å². The molecule has 0 spiro atoms. The summed E-state index contributed by atoms with van der Waals surface area (Å²) >= 11 is 0. The number of rotatable bonds is 8. The lowest BCUT2D eigenvalue weighted by Gasteiger charge is -2.17. The number of anilines is 1. The van der Waals surface area contributed by atoms with Gasteiger partial charge in [0, 0.05) is 30.2 Å². The minimum absolute atomic E-state index is 0.0493. The number of carbonyl (C=O) groups is 1. The molecule has 0 aliphatic heterocycles. The first-order valence-electron chi connectivity index (χ1n) is 8.54. The van der Waals surface area contributed by atoms with Crippen molar-refractivity contribution in [1.82, 2.24) is 10.3 Å². The smallest absolute Gasteiger partial charge is 0.366 e. The number of aromatic nitrogens is 1. The fourth-order valence-electron chi connectivity index (χ4n) is 2.68. The fraction of sp³-hybridized carbons (Fsp3) is 0.263. The summed E-state index contributed by atoms with van der Waals surface area (Å²) in [6, 6.07) is 3.45. The van der Waals surface area contributed by atoms with E-state index in [1.54, 1.807) is 0 Å². The molecule has 0 bridgehead atoms. The number of pyridine rings is 1. The fourth-order valence-corrected chi connectivity index (χ4v) is 2.68. The van der Waals surface area contributed by atoms with Crippen molar-refractivity contribution in [3.8, 4) is 0 Å². The Hall–Kier alpha value is -3.08. The van der Waals surface area contributed by atoms with Crippen LogP contribution in [0.25, 0.3) is 0 Å². The zero-order valence-corrected chi connectivity index (χ0v) is 15.6. The number of nitrogens with two attached hydrogens (primary N) is 1. The Morgan fingerprint density at radius 1 is 1.23 bits per heavy atom. The molecule has 0 aliphatic rings. The Labute approximate surface area is 168 Å². The molecule has 0 fully saturated rings. The van der Waals surface area contributed by atoms with Crippen molar-refractivity contribution in [1.29, 1.82) is 0 Å². The molecule has 0 aliphatic carbocycles. The van der Waals surface area contributed by atoms with Gasteiger partial charge in [-0.25, -0.2) is 13.2 Å². The molecule has 11 heteroatoms. The second-order valence-electron chi connectivity index (χ2n) is 6.27. The largest absolute Gasteiger partial charge is 0.416 e. The Morgan fingerprint density at radius 3 is 2.50 bits per heavy atom. The number of hydrogen-bond acceptors (Lipinski definition) is 4. The van der Waals surface area contributed by atoms with Gasteiger partial charge in [-0.15, -0.1) is 0 Å². The minimum Gasteiger partial charge on any atom is -0.366 e. The lowest BCUT2D eigenvalue weighted by molar-refractivity contribution is -0.137. The molecule has 2 aromatic rings. The second kappa shape index (κ2) is 9.61. The van der Waals surface area contributed by atoms with Gasteiger partial charge in [0.25, 0.3) is 6.43 Å². The number of likely N-dealkylation sites (N-methyl/N-ethyl adjacent to an activating group) is 1. The van der Waals surface area contributed by atoms with E-state index in [4.69, 9.17) is 5.73 Å². The number of halogens is 6. The van der Waals surface area contributed by atoms with Gasteiger partial charge in [0.05, 0.1) is 11.1 Å². The lowest BCUT2D eigenvalue weighted by Crippen LogP contribution is -2.39. The van der Waals surface area contributed by atoms with Crippen LogP contribution in [0.15, 0.2) is 48.3 Å². The van der Waals surface area contributed by atoms with Crippen LogP contribution in [-0.2, 0) is 17.4 Å². The highest BCUT2D eigenvalue weighted by Crippen LogP contribution is 2.31. The maximum atomic E-state index is 13.5. The molecule has 0 saturated heterocycles. The molecule has 162 valence electrons. The Bertz CT molecular complexity index is 929. The summed E-state index contributed by atoms with van der Waals surface area (Å²) in [5.74, 6) is -2.09. The van der Waals surface area contributed by atoms with Crippen LogP contribution in [0.2, 0.25) is 0 Å². The maximum Gasteiger partial charge on any atom is 0.416 e. The number of alkyl halides is 5. The summed E-state index contributed by atoms with van der Waals surface area (Å²) in [7, 11) is 1.24. The number of nitrogens with one attached hydrogen (secondary N) is 2. The molecular formula is C19H18F6N4O. The number of hydrogen-bond donors (Lipinski definition) is 3. The molecule has 30 heavy (non-hydrogen) atoms. The Morgan fingerprint density at radius 2 is 1.93 bits per heavy atom. The van der Waals surface area contributed by atoms with Crippen molar-refractivity contribution >= 4 is 11.6 Å². The van der Waals surface area contributed by atoms with Gasteiger partial charge >= 0.3 is 6.18 Å². The van der Waals surface area contributed by atoms with Crippen LogP contribution < -0.4 is 16.4 Å². The van der Waals surface area contributed by atoms with Crippen LogP contribution in [0.4, 0.5) is 32.0 Å². The molecule has 0 saturated carbocycles. The SMILES string of the molecule is CNC(/C(=C\Nc1ccnc(Cc2cc(F)cc(C(F)(F)F)c2)c1)C(N)=O)C(F)F. The van der Waals surface area contributed by atoms with Crippen LogP contribution in [0.1, 0.15) is 16.8 Å². The van der Waals surface area contributed by atoms with E-state index >= 15 is 0 Å². The van der Waals surface area contributed by atoms with Crippen molar-refractivity contribution < 1.29 is 31.1 Å². The average Bonchev–Trinajstić information content (AvgIpc) is 2.63. The molecular weight excluding hydrogens is 414 g/mol. The van der Waals surface area contributed by atoms with Crippen molar-refractivity contribution in [3.05, 3.63) is 70.9 Å². The highest BCUT2D eigenvalue weighted by atomic mass is 19.4. The van der Waals surface area contributed by atoms with E-state index < -0.39 is 41.5 Å². The molecule has 1 heterocycles. The van der Waals surface area contributed by atoms with E-state index in [-0.39, 0.29) is 17.7 Å². The predicted molar refractivity (Wildman–Crippen MR) is 98.2 cm³/mol. The molecule has 1 aromatic carbocycles. The summed E-state index contributed by atoms with van der Waals surface area (Å²) in [6.07, 6.45) is -5.36.